The summed E-state index contributed by atoms with van der Waals surface area (Å²) in [6.45, 7) is 0. The molecule has 0 aliphatic heterocycles. The van der Waals surface area contributed by atoms with Gasteiger partial charge >= 0.3 is 0 Å². The van der Waals surface area contributed by atoms with E-state index in [9.17, 15) is 8.78 Å². The zero-order valence-electron chi connectivity index (χ0n) is 8.04. The van der Waals surface area contributed by atoms with E-state index in [1.807, 2.05) is 6.07 Å². The van der Waals surface area contributed by atoms with E-state index >= 15 is 0 Å². The maximum Gasteiger partial charge on any atom is 0.280 e. The van der Waals surface area contributed by atoms with Crippen molar-refractivity contribution in [2.24, 2.45) is 0 Å². The lowest BCUT2D eigenvalue weighted by Gasteiger charge is -2.08. The third-order valence-corrected chi connectivity index (χ3v) is 2.54. The molecule has 6 heteroatoms. The van der Waals surface area contributed by atoms with E-state index in [0.717, 1.165) is 0 Å². The SMILES string of the molecule is N#CCc1cc(CBr)c(C(F)F)nc1C#N. The molecule has 0 saturated carbocycles. The summed E-state index contributed by atoms with van der Waals surface area (Å²) >= 11 is 3.07. The monoisotopic (exact) mass is 285 g/mol. The summed E-state index contributed by atoms with van der Waals surface area (Å²) in [5, 5.41) is 17.5. The molecule has 0 saturated heterocycles. The standard InChI is InChI=1S/C10H6BrF2N3/c11-4-7-3-6(1-2-14)8(5-15)16-9(7)10(12)13/h3,10H,1,4H2. The zero-order valence-corrected chi connectivity index (χ0v) is 9.63. The molecule has 0 spiro atoms. The average molecular weight is 286 g/mol. The van der Waals surface area contributed by atoms with E-state index < -0.39 is 12.1 Å². The Morgan fingerprint density at radius 2 is 2.06 bits per heavy atom. The molecule has 0 amide bonds. The minimum atomic E-state index is -2.73. The molecule has 0 unspecified atom stereocenters. The van der Waals surface area contributed by atoms with Gasteiger partial charge in [-0.3, -0.25) is 0 Å². The molecule has 0 radical (unpaired) electrons. The molecule has 0 fully saturated rings. The van der Waals surface area contributed by atoms with Crippen LogP contribution in [-0.2, 0) is 11.8 Å². The largest absolute Gasteiger partial charge is 0.280 e. The van der Waals surface area contributed by atoms with Crippen molar-refractivity contribution in [3.8, 4) is 12.1 Å². The fourth-order valence-electron chi connectivity index (χ4n) is 1.23. The lowest BCUT2D eigenvalue weighted by Crippen LogP contribution is -2.03. The Hall–Kier alpha value is -1.53. The Bertz CT molecular complexity index is 474. The van der Waals surface area contributed by atoms with Gasteiger partial charge < -0.3 is 0 Å². The fourth-order valence-corrected chi connectivity index (χ4v) is 1.68. The minimum absolute atomic E-state index is 0.0145. The van der Waals surface area contributed by atoms with E-state index in [0.29, 0.717) is 11.1 Å². The first-order chi connectivity index (χ1) is 7.63. The summed E-state index contributed by atoms with van der Waals surface area (Å²) in [6, 6.07) is 5.00. The second kappa shape index (κ2) is 5.53. The van der Waals surface area contributed by atoms with Crippen molar-refractivity contribution in [1.29, 1.82) is 10.5 Å². The van der Waals surface area contributed by atoms with Crippen LogP contribution in [0.3, 0.4) is 0 Å². The van der Waals surface area contributed by atoms with Crippen LogP contribution in [0.25, 0.3) is 0 Å². The van der Waals surface area contributed by atoms with E-state index in [4.69, 9.17) is 10.5 Å². The van der Waals surface area contributed by atoms with Crippen LogP contribution in [0.5, 0.6) is 0 Å². The van der Waals surface area contributed by atoms with Gasteiger partial charge in [0.05, 0.1) is 12.5 Å². The molecule has 1 rings (SSSR count). The van der Waals surface area contributed by atoms with Crippen molar-refractivity contribution in [3.05, 3.63) is 28.6 Å². The van der Waals surface area contributed by atoms with Crippen LogP contribution in [0.1, 0.15) is 28.9 Å². The molecule has 1 aromatic rings. The van der Waals surface area contributed by atoms with Crippen molar-refractivity contribution in [2.45, 2.75) is 18.2 Å². The van der Waals surface area contributed by atoms with E-state index in [1.54, 1.807) is 6.07 Å². The van der Waals surface area contributed by atoms with Crippen LogP contribution >= 0.6 is 15.9 Å². The van der Waals surface area contributed by atoms with Crippen molar-refractivity contribution >= 4 is 15.9 Å². The highest BCUT2D eigenvalue weighted by atomic mass is 79.9. The zero-order chi connectivity index (χ0) is 12.1. The smallest absolute Gasteiger partial charge is 0.235 e. The third-order valence-electron chi connectivity index (χ3n) is 1.94. The van der Waals surface area contributed by atoms with Gasteiger partial charge in [0.2, 0.25) is 0 Å². The van der Waals surface area contributed by atoms with Gasteiger partial charge in [-0.1, -0.05) is 15.9 Å². The van der Waals surface area contributed by atoms with E-state index in [2.05, 4.69) is 20.9 Å². The van der Waals surface area contributed by atoms with Gasteiger partial charge in [-0.25, -0.2) is 13.8 Å². The Morgan fingerprint density at radius 3 is 2.50 bits per heavy atom. The first-order valence-corrected chi connectivity index (χ1v) is 5.40. The van der Waals surface area contributed by atoms with Crippen LogP contribution in [0.15, 0.2) is 6.07 Å². The lowest BCUT2D eigenvalue weighted by atomic mass is 10.1. The maximum atomic E-state index is 12.6. The molecule has 0 bridgehead atoms. The van der Waals surface area contributed by atoms with Gasteiger partial charge in [-0.2, -0.15) is 10.5 Å². The molecular weight excluding hydrogens is 280 g/mol. The topological polar surface area (TPSA) is 60.5 Å². The molecule has 0 aliphatic carbocycles. The first kappa shape index (κ1) is 12.5. The number of hydrogen-bond acceptors (Lipinski definition) is 3. The Labute approximate surface area is 99.5 Å². The van der Waals surface area contributed by atoms with Crippen LogP contribution in [0, 0.1) is 22.7 Å². The maximum absolute atomic E-state index is 12.6. The Morgan fingerprint density at radius 1 is 1.38 bits per heavy atom. The number of nitriles is 2. The van der Waals surface area contributed by atoms with Crippen molar-refractivity contribution in [1.82, 2.24) is 4.98 Å². The number of rotatable bonds is 3. The average Bonchev–Trinajstić information content (AvgIpc) is 2.28. The summed E-state index contributed by atoms with van der Waals surface area (Å²) in [5.74, 6) is 0. The van der Waals surface area contributed by atoms with Gasteiger partial charge in [0.25, 0.3) is 6.43 Å². The summed E-state index contributed by atoms with van der Waals surface area (Å²) in [4.78, 5) is 3.59. The summed E-state index contributed by atoms with van der Waals surface area (Å²) in [7, 11) is 0. The van der Waals surface area contributed by atoms with E-state index in [1.165, 1.54) is 6.07 Å². The molecule has 3 nitrogen and oxygen atoms in total. The molecule has 0 atom stereocenters. The molecule has 1 heterocycles. The molecule has 0 N–H and O–H groups in total. The molecular formula is C10H6BrF2N3. The van der Waals surface area contributed by atoms with Gasteiger partial charge in [-0.05, 0) is 11.6 Å². The van der Waals surface area contributed by atoms with Gasteiger partial charge in [0.1, 0.15) is 17.5 Å². The summed E-state index contributed by atoms with van der Waals surface area (Å²) in [6.07, 6.45) is -2.74. The minimum Gasteiger partial charge on any atom is -0.235 e. The van der Waals surface area contributed by atoms with Crippen LogP contribution in [0.4, 0.5) is 8.78 Å². The predicted molar refractivity (Wildman–Crippen MR) is 55.9 cm³/mol. The lowest BCUT2D eigenvalue weighted by molar-refractivity contribution is 0.145. The number of halogens is 3. The van der Waals surface area contributed by atoms with E-state index in [-0.39, 0.29) is 17.4 Å². The second-order valence-electron chi connectivity index (χ2n) is 2.92. The van der Waals surface area contributed by atoms with Crippen LogP contribution in [-0.4, -0.2) is 4.98 Å². The predicted octanol–water partition coefficient (Wildman–Crippen LogP) is 2.85. The highest BCUT2D eigenvalue weighted by Gasteiger charge is 2.17. The number of aromatic nitrogens is 1. The molecule has 16 heavy (non-hydrogen) atoms. The second-order valence-corrected chi connectivity index (χ2v) is 3.48. The van der Waals surface area contributed by atoms with Gasteiger partial charge in [0, 0.05) is 10.9 Å². The van der Waals surface area contributed by atoms with Crippen molar-refractivity contribution in [3.63, 3.8) is 0 Å². The summed E-state index contributed by atoms with van der Waals surface area (Å²) < 4.78 is 25.2. The third kappa shape index (κ3) is 2.53. The quantitative estimate of drug-likeness (QED) is 0.803. The number of hydrogen-bond donors (Lipinski definition) is 0. The van der Waals surface area contributed by atoms with Crippen LogP contribution < -0.4 is 0 Å². The number of pyridine rings is 1. The molecule has 0 aromatic carbocycles. The summed E-state index contributed by atoms with van der Waals surface area (Å²) in [5.41, 5.74) is 0.166. The molecule has 82 valence electrons. The van der Waals surface area contributed by atoms with Gasteiger partial charge in [0.15, 0.2) is 0 Å². The first-order valence-electron chi connectivity index (χ1n) is 4.27. The Kier molecular flexibility index (Phi) is 4.33. The molecule has 0 aliphatic rings. The van der Waals surface area contributed by atoms with Gasteiger partial charge in [-0.15, -0.1) is 0 Å². The van der Waals surface area contributed by atoms with Crippen molar-refractivity contribution in [2.75, 3.05) is 0 Å². The Balaban J connectivity index is 3.36. The van der Waals surface area contributed by atoms with Crippen LogP contribution in [0.2, 0.25) is 0 Å². The number of nitrogens with zero attached hydrogens (tertiary/aromatic N) is 3. The number of alkyl halides is 3. The normalized spacial score (nSPS) is 9.88. The fraction of sp³-hybridized carbons (Fsp3) is 0.300. The highest BCUT2D eigenvalue weighted by molar-refractivity contribution is 9.08. The highest BCUT2D eigenvalue weighted by Crippen LogP contribution is 2.25. The molecule has 1 aromatic heterocycles. The van der Waals surface area contributed by atoms with Crippen molar-refractivity contribution < 1.29 is 8.78 Å².